The van der Waals surface area contributed by atoms with Crippen molar-refractivity contribution in [1.82, 2.24) is 0 Å². The smallest absolute Gasteiger partial charge is 0.0477 e. The van der Waals surface area contributed by atoms with Crippen LogP contribution >= 0.6 is 0 Å². The van der Waals surface area contributed by atoms with Crippen LogP contribution in [0.1, 0.15) is 13.3 Å². The first-order valence-electron chi connectivity index (χ1n) is 3.95. The van der Waals surface area contributed by atoms with Crippen molar-refractivity contribution in [2.45, 2.75) is 13.3 Å². The van der Waals surface area contributed by atoms with Gasteiger partial charge in [0.2, 0.25) is 0 Å². The van der Waals surface area contributed by atoms with Gasteiger partial charge >= 0.3 is 0 Å². The van der Waals surface area contributed by atoms with Gasteiger partial charge in [0.05, 0.1) is 0 Å². The van der Waals surface area contributed by atoms with Crippen molar-refractivity contribution in [3.05, 3.63) is 36.1 Å². The second-order valence-corrected chi connectivity index (χ2v) is 3.03. The van der Waals surface area contributed by atoms with Crippen LogP contribution in [0.15, 0.2) is 41.1 Å². The van der Waals surface area contributed by atoms with Gasteiger partial charge in [0.1, 0.15) is 0 Å². The van der Waals surface area contributed by atoms with E-state index >= 15 is 0 Å². The fraction of sp³-hybridized carbons (Fsp3) is 0.300. The van der Waals surface area contributed by atoms with Gasteiger partial charge in [-0.05, 0) is 25.0 Å². The lowest BCUT2D eigenvalue weighted by Gasteiger charge is -2.17. The Morgan fingerprint density at radius 2 is 2.45 bits per heavy atom. The average molecular weight is 145 g/mol. The van der Waals surface area contributed by atoms with Crippen LogP contribution < -0.4 is 0 Å². The third-order valence-electron chi connectivity index (χ3n) is 2.07. The van der Waals surface area contributed by atoms with E-state index in [-0.39, 0.29) is 0 Å². The molecule has 0 aromatic heterocycles. The zero-order chi connectivity index (χ0) is 7.68. The van der Waals surface area contributed by atoms with Gasteiger partial charge in [-0.25, -0.2) is 0 Å². The zero-order valence-electron chi connectivity index (χ0n) is 6.62. The minimum atomic E-state index is 0.545. The standard InChI is InChI=1S/C10H11N/c1-8-4-5-9-3-2-6-11-10(9)7-8/h2,4-7,9H,3H2,1H3. The third-order valence-corrected chi connectivity index (χ3v) is 2.07. The fourth-order valence-electron chi connectivity index (χ4n) is 1.43. The lowest BCUT2D eigenvalue weighted by Crippen LogP contribution is -2.14. The summed E-state index contributed by atoms with van der Waals surface area (Å²) in [5.41, 5.74) is 2.52. The molecule has 1 heterocycles. The lowest BCUT2D eigenvalue weighted by atomic mass is 9.91. The molecule has 1 heteroatoms. The topological polar surface area (TPSA) is 12.4 Å². The molecular weight excluding hydrogens is 134 g/mol. The molecule has 1 nitrogen and oxygen atoms in total. The predicted octanol–water partition coefficient (Wildman–Crippen LogP) is 2.48. The molecule has 0 saturated heterocycles. The van der Waals surface area contributed by atoms with Crippen molar-refractivity contribution in [1.29, 1.82) is 0 Å². The Morgan fingerprint density at radius 3 is 3.36 bits per heavy atom. The van der Waals surface area contributed by atoms with Gasteiger partial charge in [0.25, 0.3) is 0 Å². The van der Waals surface area contributed by atoms with Gasteiger partial charge in [-0.3, -0.25) is 4.99 Å². The van der Waals surface area contributed by atoms with E-state index in [1.807, 2.05) is 6.20 Å². The van der Waals surface area contributed by atoms with Crippen molar-refractivity contribution in [2.75, 3.05) is 0 Å². The van der Waals surface area contributed by atoms with Crippen LogP contribution in [-0.4, -0.2) is 5.71 Å². The van der Waals surface area contributed by atoms with E-state index in [9.17, 15) is 0 Å². The maximum absolute atomic E-state index is 4.31. The Balaban J connectivity index is 2.35. The molecule has 0 spiro atoms. The Bertz CT molecular complexity index is 279. The Hall–Kier alpha value is -1.11. The summed E-state index contributed by atoms with van der Waals surface area (Å²) in [5.74, 6) is 0.545. The first-order valence-corrected chi connectivity index (χ1v) is 3.95. The molecule has 11 heavy (non-hydrogen) atoms. The molecule has 0 N–H and O–H groups in total. The number of hydrogen-bond donors (Lipinski definition) is 0. The number of rotatable bonds is 0. The highest BCUT2D eigenvalue weighted by molar-refractivity contribution is 6.00. The zero-order valence-corrected chi connectivity index (χ0v) is 6.62. The van der Waals surface area contributed by atoms with E-state index in [4.69, 9.17) is 0 Å². The monoisotopic (exact) mass is 145 g/mol. The molecule has 0 aromatic carbocycles. The Kier molecular flexibility index (Phi) is 1.50. The van der Waals surface area contributed by atoms with Gasteiger partial charge in [0, 0.05) is 17.8 Å². The van der Waals surface area contributed by atoms with Crippen LogP contribution in [0.2, 0.25) is 0 Å². The molecule has 1 unspecified atom stereocenters. The molecule has 0 bridgehead atoms. The van der Waals surface area contributed by atoms with Crippen molar-refractivity contribution in [2.24, 2.45) is 10.9 Å². The highest BCUT2D eigenvalue weighted by atomic mass is 14.7. The van der Waals surface area contributed by atoms with Crippen LogP contribution in [0.25, 0.3) is 0 Å². The van der Waals surface area contributed by atoms with Gasteiger partial charge in [0.15, 0.2) is 0 Å². The van der Waals surface area contributed by atoms with Crippen molar-refractivity contribution in [3.63, 3.8) is 0 Å². The molecule has 1 aliphatic heterocycles. The van der Waals surface area contributed by atoms with Crippen LogP contribution in [0.5, 0.6) is 0 Å². The molecular formula is C10H11N. The minimum Gasteiger partial charge on any atom is -0.261 e. The normalized spacial score (nSPS) is 27.5. The van der Waals surface area contributed by atoms with Crippen LogP contribution in [0.3, 0.4) is 0 Å². The molecule has 0 radical (unpaired) electrons. The highest BCUT2D eigenvalue weighted by Gasteiger charge is 2.14. The van der Waals surface area contributed by atoms with Gasteiger partial charge < -0.3 is 0 Å². The summed E-state index contributed by atoms with van der Waals surface area (Å²) in [7, 11) is 0. The first-order chi connectivity index (χ1) is 5.36. The molecule has 1 atom stereocenters. The summed E-state index contributed by atoms with van der Waals surface area (Å²) in [5, 5.41) is 0. The van der Waals surface area contributed by atoms with E-state index in [2.05, 4.69) is 36.2 Å². The SMILES string of the molecule is CC1=CC2=NC=CCC2C=C1. The van der Waals surface area contributed by atoms with E-state index in [1.165, 1.54) is 11.3 Å². The lowest BCUT2D eigenvalue weighted by molar-refractivity contribution is 0.858. The van der Waals surface area contributed by atoms with Crippen molar-refractivity contribution in [3.8, 4) is 0 Å². The Labute approximate surface area is 66.8 Å². The summed E-state index contributed by atoms with van der Waals surface area (Å²) < 4.78 is 0. The largest absolute Gasteiger partial charge is 0.261 e. The number of hydrogen-bond acceptors (Lipinski definition) is 1. The molecule has 1 aliphatic carbocycles. The van der Waals surface area contributed by atoms with Gasteiger partial charge in [-0.1, -0.05) is 18.2 Å². The van der Waals surface area contributed by atoms with Crippen LogP contribution in [0, 0.1) is 5.92 Å². The maximum atomic E-state index is 4.31. The molecule has 2 aliphatic rings. The van der Waals surface area contributed by atoms with Crippen LogP contribution in [0.4, 0.5) is 0 Å². The molecule has 2 rings (SSSR count). The van der Waals surface area contributed by atoms with E-state index < -0.39 is 0 Å². The number of nitrogens with zero attached hydrogens (tertiary/aromatic N) is 1. The summed E-state index contributed by atoms with van der Waals surface area (Å²) >= 11 is 0. The second-order valence-electron chi connectivity index (χ2n) is 3.03. The summed E-state index contributed by atoms with van der Waals surface area (Å²) in [6.45, 7) is 2.10. The molecule has 56 valence electrons. The first kappa shape index (κ1) is 6.59. The molecule has 0 saturated carbocycles. The number of allylic oxidation sites excluding steroid dienone is 5. The van der Waals surface area contributed by atoms with Gasteiger partial charge in [-0.2, -0.15) is 0 Å². The third kappa shape index (κ3) is 1.18. The van der Waals surface area contributed by atoms with Crippen LogP contribution in [-0.2, 0) is 0 Å². The maximum Gasteiger partial charge on any atom is 0.0477 e. The predicted molar refractivity (Wildman–Crippen MR) is 47.6 cm³/mol. The summed E-state index contributed by atoms with van der Waals surface area (Å²) in [4.78, 5) is 4.31. The molecule has 0 aromatic rings. The average Bonchev–Trinajstić information content (AvgIpc) is 2.04. The Morgan fingerprint density at radius 1 is 1.55 bits per heavy atom. The summed E-state index contributed by atoms with van der Waals surface area (Å²) in [6.07, 6.45) is 11.7. The summed E-state index contributed by atoms with van der Waals surface area (Å²) in [6, 6.07) is 0. The van der Waals surface area contributed by atoms with E-state index in [0.717, 1.165) is 6.42 Å². The quantitative estimate of drug-likeness (QED) is 0.496. The second kappa shape index (κ2) is 2.50. The highest BCUT2D eigenvalue weighted by Crippen LogP contribution is 2.20. The van der Waals surface area contributed by atoms with Gasteiger partial charge in [-0.15, -0.1) is 0 Å². The van der Waals surface area contributed by atoms with E-state index in [0.29, 0.717) is 5.92 Å². The number of aliphatic imine (C=N–C) groups is 1. The van der Waals surface area contributed by atoms with Crippen molar-refractivity contribution >= 4 is 5.71 Å². The number of fused-ring (bicyclic) bond motifs is 1. The van der Waals surface area contributed by atoms with Crippen molar-refractivity contribution < 1.29 is 0 Å². The fourth-order valence-corrected chi connectivity index (χ4v) is 1.43. The van der Waals surface area contributed by atoms with E-state index in [1.54, 1.807) is 0 Å². The molecule has 0 amide bonds. The molecule has 0 fully saturated rings. The minimum absolute atomic E-state index is 0.545.